The molecule has 0 radical (unpaired) electrons. The molecular formula is C53H85N17O12S. The van der Waals surface area contributed by atoms with Crippen molar-refractivity contribution < 1.29 is 58.2 Å². The van der Waals surface area contributed by atoms with Crippen molar-refractivity contribution in [3.8, 4) is 0 Å². The Bertz CT molecular complexity index is 2500. The van der Waals surface area contributed by atoms with Crippen molar-refractivity contribution in [2.75, 3.05) is 44.6 Å². The molecule has 10 amide bonds. The van der Waals surface area contributed by atoms with Crippen LogP contribution in [-0.2, 0) is 54.4 Å². The third kappa shape index (κ3) is 23.0. The number of benzene rings is 2. The first-order chi connectivity index (χ1) is 39.4. The molecule has 0 unspecified atom stereocenters. The molecule has 24 N–H and O–H groups in total. The van der Waals surface area contributed by atoms with Gasteiger partial charge in [-0.05, 0) is 121 Å². The molecule has 1 saturated heterocycles. The Labute approximate surface area is 487 Å². The molecule has 3 rings (SSSR count). The quantitative estimate of drug-likeness (QED) is 0.0461. The van der Waals surface area contributed by atoms with Gasteiger partial charge in [-0.2, -0.15) is 0 Å². The van der Waals surface area contributed by atoms with Crippen LogP contribution in [0.5, 0.6) is 0 Å². The Kier molecular flexibility index (Phi) is 29.9. The zero-order chi connectivity index (χ0) is 61.8. The standard InChI is InChI=1S/C53H85N17O12S/c1-5-29(2)40-49(79)64-34(17-23-55)42(72)62-37(20-26-58)48(78)70-53(4,82)51(81)59-27-21-38(45(75)61-33(16-22-54)44(74)66-39(47(77)68-40)28-31-12-8-6-9-13-31)63-43(73)35(18-24-56)65-50(80)41(30(3)71)69-46(76)36(19-25-57)67-52(83)60-32-14-10-7-11-15-32/h6-15,29-30,33-41,71,82H,5,16-28,54-58H2,1-4H3,(H,59,81)(H,61,75)(H,62,72)(H,63,73)(H,64,79)(H,65,80)(H,66,74)(H,68,77)(H,69,76)(H,70,78)(H2,60,67,83)/t29-,30+,33-,34-,35-,36-,37-,38-,39+,40-,41-,53-/m0/s1. The molecule has 12 atom stereocenters. The maximum Gasteiger partial charge on any atom is 0.272 e. The first-order valence-electron chi connectivity index (χ1n) is 27.5. The second kappa shape index (κ2) is 35.5. The lowest BCUT2D eigenvalue weighted by Gasteiger charge is -2.30. The molecule has 83 heavy (non-hydrogen) atoms. The van der Waals surface area contributed by atoms with E-state index in [1.165, 1.54) is 6.92 Å². The van der Waals surface area contributed by atoms with Crippen molar-refractivity contribution in [1.82, 2.24) is 58.5 Å². The summed E-state index contributed by atoms with van der Waals surface area (Å²) in [6.45, 7) is 4.34. The van der Waals surface area contributed by atoms with E-state index >= 15 is 0 Å². The summed E-state index contributed by atoms with van der Waals surface area (Å²) in [5.41, 5.74) is 27.8. The minimum absolute atomic E-state index is 0.00843. The summed E-state index contributed by atoms with van der Waals surface area (Å²) in [5, 5.41) is 52.9. The normalized spacial score (nSPS) is 23.5. The van der Waals surface area contributed by atoms with Gasteiger partial charge in [-0.25, -0.2) is 0 Å². The third-order valence-electron chi connectivity index (χ3n) is 13.4. The maximum atomic E-state index is 14.5. The largest absolute Gasteiger partial charge is 0.391 e. The van der Waals surface area contributed by atoms with E-state index in [1.54, 1.807) is 74.5 Å². The van der Waals surface area contributed by atoms with Crippen LogP contribution in [0.1, 0.15) is 78.2 Å². The predicted molar refractivity (Wildman–Crippen MR) is 311 cm³/mol. The topological polar surface area (TPSA) is 486 Å². The number of para-hydroxylation sites is 1. The van der Waals surface area contributed by atoms with E-state index in [1.807, 2.05) is 0 Å². The van der Waals surface area contributed by atoms with Crippen molar-refractivity contribution in [3.05, 3.63) is 66.2 Å². The van der Waals surface area contributed by atoms with Crippen molar-refractivity contribution in [2.45, 2.75) is 145 Å². The van der Waals surface area contributed by atoms with E-state index in [0.29, 0.717) is 17.7 Å². The summed E-state index contributed by atoms with van der Waals surface area (Å²) in [4.78, 5) is 140. The highest BCUT2D eigenvalue weighted by atomic mass is 32.1. The number of rotatable bonds is 23. The fraction of sp³-hybridized carbons (Fsp3) is 0.566. The molecule has 29 nitrogen and oxygen atoms in total. The summed E-state index contributed by atoms with van der Waals surface area (Å²) in [5.74, 6) is -10.2. The number of aliphatic hydroxyl groups excluding tert-OH is 1. The maximum absolute atomic E-state index is 14.5. The van der Waals surface area contributed by atoms with Crippen molar-refractivity contribution in [3.63, 3.8) is 0 Å². The van der Waals surface area contributed by atoms with Crippen LogP contribution in [0.15, 0.2) is 60.7 Å². The van der Waals surface area contributed by atoms with Gasteiger partial charge >= 0.3 is 0 Å². The molecule has 1 fully saturated rings. The SMILES string of the molecule is CC[C@H](C)[C@@H]1NC(=O)[C@@H](Cc2ccccc2)NC(=O)[C@H](CCN)NC(=O)[C@@H](NC(=O)[C@H](CCN)NC(=O)[C@@H](NC(=O)[C@H](CCN)NC(=S)Nc2ccccc2)[C@@H](C)O)CCNC(=O)[C@](C)(O)NC(=O)[C@H](CCN)NC(=O)[C@H](CCN)NC1=O. The molecular weight excluding hydrogens is 1100 g/mol. The number of carbonyl (C=O) groups is 10. The average molecular weight is 1180 g/mol. The smallest absolute Gasteiger partial charge is 0.272 e. The molecule has 30 heteroatoms. The molecule has 2 aromatic rings. The van der Waals surface area contributed by atoms with Crippen LogP contribution in [0.25, 0.3) is 0 Å². The zero-order valence-electron chi connectivity index (χ0n) is 47.3. The molecule has 1 aliphatic rings. The predicted octanol–water partition coefficient (Wildman–Crippen LogP) is -6.02. The Hall–Kier alpha value is -7.45. The van der Waals surface area contributed by atoms with Gasteiger partial charge in [0.05, 0.1) is 6.10 Å². The number of aliphatic hydroxyl groups is 2. The van der Waals surface area contributed by atoms with Crippen LogP contribution in [0, 0.1) is 5.92 Å². The second-order valence-electron chi connectivity index (χ2n) is 20.2. The molecule has 2 aromatic carbocycles. The Morgan fingerprint density at radius 1 is 0.639 bits per heavy atom. The van der Waals surface area contributed by atoms with Gasteiger partial charge in [0.25, 0.3) is 5.91 Å². The lowest BCUT2D eigenvalue weighted by molar-refractivity contribution is -0.148. The minimum Gasteiger partial charge on any atom is -0.391 e. The van der Waals surface area contributed by atoms with Gasteiger partial charge in [-0.15, -0.1) is 0 Å². The first kappa shape index (κ1) is 69.8. The van der Waals surface area contributed by atoms with Gasteiger partial charge in [-0.1, -0.05) is 68.8 Å². The van der Waals surface area contributed by atoms with Crippen LogP contribution in [0.4, 0.5) is 5.69 Å². The van der Waals surface area contributed by atoms with Crippen LogP contribution in [0.2, 0.25) is 0 Å². The number of hydrogen-bond donors (Lipinski definition) is 19. The van der Waals surface area contributed by atoms with Crippen LogP contribution in [-0.4, -0.2) is 180 Å². The first-order valence-corrected chi connectivity index (χ1v) is 27.9. The Morgan fingerprint density at radius 2 is 1.13 bits per heavy atom. The monoisotopic (exact) mass is 1180 g/mol. The lowest BCUT2D eigenvalue weighted by Crippen LogP contribution is -2.63. The van der Waals surface area contributed by atoms with Crippen LogP contribution >= 0.6 is 12.2 Å². The fourth-order valence-corrected chi connectivity index (χ4v) is 8.73. The molecule has 0 spiro atoms. The number of carbonyl (C=O) groups excluding carboxylic acids is 10. The van der Waals surface area contributed by atoms with E-state index in [2.05, 4.69) is 63.8 Å². The summed E-state index contributed by atoms with van der Waals surface area (Å²) < 4.78 is 0. The second-order valence-corrected chi connectivity index (χ2v) is 20.6. The van der Waals surface area contributed by atoms with E-state index in [4.69, 9.17) is 40.9 Å². The number of thiocarbonyl (C=S) groups is 1. The van der Waals surface area contributed by atoms with Crippen LogP contribution in [0.3, 0.4) is 0 Å². The minimum atomic E-state index is -2.70. The van der Waals surface area contributed by atoms with E-state index in [9.17, 15) is 58.2 Å². The number of anilines is 1. The number of nitrogens with two attached hydrogens (primary N) is 5. The van der Waals surface area contributed by atoms with Gasteiger partial charge in [0.1, 0.15) is 54.4 Å². The van der Waals surface area contributed by atoms with Gasteiger partial charge in [0, 0.05) is 18.7 Å². The molecule has 0 aromatic heterocycles. The van der Waals surface area contributed by atoms with E-state index in [0.717, 1.165) is 6.92 Å². The molecule has 0 saturated carbocycles. The molecule has 0 bridgehead atoms. The highest BCUT2D eigenvalue weighted by Crippen LogP contribution is 2.13. The van der Waals surface area contributed by atoms with E-state index in [-0.39, 0.29) is 76.4 Å². The van der Waals surface area contributed by atoms with Gasteiger partial charge in [0.15, 0.2) is 5.11 Å². The Balaban J connectivity index is 2.07. The van der Waals surface area contributed by atoms with Gasteiger partial charge < -0.3 is 103 Å². The van der Waals surface area contributed by atoms with Crippen molar-refractivity contribution >= 4 is 82.1 Å². The fourth-order valence-electron chi connectivity index (χ4n) is 8.47. The molecule has 1 heterocycles. The highest BCUT2D eigenvalue weighted by Gasteiger charge is 2.39. The summed E-state index contributed by atoms with van der Waals surface area (Å²) in [7, 11) is 0. The summed E-state index contributed by atoms with van der Waals surface area (Å²) in [6, 6.07) is 4.23. The summed E-state index contributed by atoms with van der Waals surface area (Å²) >= 11 is 5.39. The Morgan fingerprint density at radius 3 is 1.66 bits per heavy atom. The molecule has 460 valence electrons. The number of hydrogen-bond acceptors (Lipinski definition) is 18. The highest BCUT2D eigenvalue weighted by molar-refractivity contribution is 7.80. The summed E-state index contributed by atoms with van der Waals surface area (Å²) in [6.07, 6.45) is -2.66. The van der Waals surface area contributed by atoms with Gasteiger partial charge in [0.2, 0.25) is 58.9 Å². The number of amides is 10. The molecule has 0 aliphatic carbocycles. The van der Waals surface area contributed by atoms with Crippen LogP contribution < -0.4 is 92.5 Å². The third-order valence-corrected chi connectivity index (χ3v) is 13.6. The van der Waals surface area contributed by atoms with Gasteiger partial charge in [-0.3, -0.25) is 47.9 Å². The average Bonchev–Trinajstić information content (AvgIpc) is 3.56. The molecule has 1 aliphatic heterocycles. The zero-order valence-corrected chi connectivity index (χ0v) is 48.1. The van der Waals surface area contributed by atoms with Crippen molar-refractivity contribution in [1.29, 1.82) is 0 Å². The van der Waals surface area contributed by atoms with Crippen molar-refractivity contribution in [2.24, 2.45) is 34.6 Å². The van der Waals surface area contributed by atoms with E-state index < -0.39 is 144 Å². The number of nitrogens with one attached hydrogen (secondary N) is 12. The lowest BCUT2D eigenvalue weighted by atomic mass is 9.96.